The van der Waals surface area contributed by atoms with Gasteiger partial charge in [0.2, 0.25) is 0 Å². The van der Waals surface area contributed by atoms with Crippen molar-refractivity contribution in [2.75, 3.05) is 26.8 Å². The number of nitrogens with zero attached hydrogens (tertiary/aromatic N) is 3. The molecule has 0 aliphatic carbocycles. The quantitative estimate of drug-likeness (QED) is 0.493. The van der Waals surface area contributed by atoms with Crippen LogP contribution in [0.4, 0.5) is 0 Å². The molecular formula is C24H27N3O4. The SMILES string of the molecule is CCN(CC)C(=O)COC(=O)c1cn(Cc2ccccc2)nc1-c1ccccc1OC. The zero-order valence-electron chi connectivity index (χ0n) is 18.1. The molecule has 0 atom stereocenters. The van der Waals surface area contributed by atoms with E-state index in [-0.39, 0.29) is 18.1 Å². The molecule has 0 unspecified atom stereocenters. The average molecular weight is 421 g/mol. The monoisotopic (exact) mass is 421 g/mol. The van der Waals surface area contributed by atoms with Crippen LogP contribution in [0.3, 0.4) is 0 Å². The molecule has 3 rings (SSSR count). The molecule has 0 spiro atoms. The van der Waals surface area contributed by atoms with Crippen LogP contribution in [0.2, 0.25) is 0 Å². The Bertz CT molecular complexity index is 1030. The summed E-state index contributed by atoms with van der Waals surface area (Å²) in [6.07, 6.45) is 1.65. The van der Waals surface area contributed by atoms with Gasteiger partial charge in [-0.2, -0.15) is 5.10 Å². The Labute approximate surface area is 182 Å². The lowest BCUT2D eigenvalue weighted by atomic mass is 10.1. The van der Waals surface area contributed by atoms with Crippen LogP contribution in [0.15, 0.2) is 60.8 Å². The van der Waals surface area contributed by atoms with Crippen LogP contribution in [-0.2, 0) is 16.1 Å². The number of hydrogen-bond donors (Lipinski definition) is 0. The molecule has 1 aromatic heterocycles. The number of amides is 1. The molecule has 0 bridgehead atoms. The first kappa shape index (κ1) is 22.1. The van der Waals surface area contributed by atoms with E-state index in [1.807, 2.05) is 68.4 Å². The van der Waals surface area contributed by atoms with E-state index in [1.54, 1.807) is 22.9 Å². The second-order valence-electron chi connectivity index (χ2n) is 6.92. The molecule has 0 N–H and O–H groups in total. The molecule has 2 aromatic carbocycles. The highest BCUT2D eigenvalue weighted by molar-refractivity contribution is 5.97. The van der Waals surface area contributed by atoms with Crippen molar-refractivity contribution in [3.63, 3.8) is 0 Å². The number of para-hydroxylation sites is 1. The number of ether oxygens (including phenoxy) is 2. The number of esters is 1. The zero-order chi connectivity index (χ0) is 22.2. The number of likely N-dealkylation sites (N-methyl/N-ethyl adjacent to an activating group) is 1. The van der Waals surface area contributed by atoms with Crippen molar-refractivity contribution < 1.29 is 19.1 Å². The summed E-state index contributed by atoms with van der Waals surface area (Å²) in [4.78, 5) is 26.8. The Hall–Kier alpha value is -3.61. The fourth-order valence-corrected chi connectivity index (χ4v) is 3.33. The van der Waals surface area contributed by atoms with Crippen molar-refractivity contribution >= 4 is 11.9 Å². The molecule has 1 heterocycles. The van der Waals surface area contributed by atoms with Gasteiger partial charge in [-0.05, 0) is 31.5 Å². The molecule has 0 saturated heterocycles. The Morgan fingerprint density at radius 3 is 2.35 bits per heavy atom. The Balaban J connectivity index is 1.91. The van der Waals surface area contributed by atoms with Gasteiger partial charge in [-0.15, -0.1) is 0 Å². The smallest absolute Gasteiger partial charge is 0.342 e. The molecule has 7 nitrogen and oxygen atoms in total. The highest BCUT2D eigenvalue weighted by Gasteiger charge is 2.23. The molecule has 7 heteroatoms. The molecule has 0 saturated carbocycles. The summed E-state index contributed by atoms with van der Waals surface area (Å²) in [5, 5.41) is 4.64. The van der Waals surface area contributed by atoms with Gasteiger partial charge >= 0.3 is 5.97 Å². The zero-order valence-corrected chi connectivity index (χ0v) is 18.1. The molecule has 3 aromatic rings. The highest BCUT2D eigenvalue weighted by Crippen LogP contribution is 2.31. The molecule has 31 heavy (non-hydrogen) atoms. The second kappa shape index (κ2) is 10.4. The van der Waals surface area contributed by atoms with Gasteiger partial charge in [0.15, 0.2) is 6.61 Å². The van der Waals surface area contributed by atoms with Crippen LogP contribution >= 0.6 is 0 Å². The van der Waals surface area contributed by atoms with Crippen LogP contribution < -0.4 is 4.74 Å². The summed E-state index contributed by atoms with van der Waals surface area (Å²) in [7, 11) is 1.57. The van der Waals surface area contributed by atoms with Gasteiger partial charge < -0.3 is 14.4 Å². The van der Waals surface area contributed by atoms with E-state index in [2.05, 4.69) is 5.10 Å². The van der Waals surface area contributed by atoms with E-state index >= 15 is 0 Å². The average Bonchev–Trinajstić information content (AvgIpc) is 3.22. The van der Waals surface area contributed by atoms with Crippen molar-refractivity contribution in [3.05, 3.63) is 71.9 Å². The van der Waals surface area contributed by atoms with E-state index in [0.717, 1.165) is 5.56 Å². The van der Waals surface area contributed by atoms with Crippen LogP contribution in [0.5, 0.6) is 5.75 Å². The second-order valence-corrected chi connectivity index (χ2v) is 6.92. The number of rotatable bonds is 9. The topological polar surface area (TPSA) is 73.7 Å². The molecule has 1 amide bonds. The summed E-state index contributed by atoms with van der Waals surface area (Å²) >= 11 is 0. The van der Waals surface area contributed by atoms with E-state index in [4.69, 9.17) is 9.47 Å². The number of carbonyl (C=O) groups is 2. The standard InChI is InChI=1S/C24H27N3O4/c1-4-26(5-2)22(28)17-31-24(29)20-16-27(15-18-11-7-6-8-12-18)25-23(20)19-13-9-10-14-21(19)30-3/h6-14,16H,4-5,15,17H2,1-3H3. The largest absolute Gasteiger partial charge is 0.496 e. The highest BCUT2D eigenvalue weighted by atomic mass is 16.5. The van der Waals surface area contributed by atoms with Crippen LogP contribution in [-0.4, -0.2) is 53.4 Å². The lowest BCUT2D eigenvalue weighted by Gasteiger charge is -2.18. The maximum atomic E-state index is 12.9. The number of hydrogen-bond acceptors (Lipinski definition) is 5. The van der Waals surface area contributed by atoms with E-state index in [9.17, 15) is 9.59 Å². The maximum absolute atomic E-state index is 12.9. The lowest BCUT2D eigenvalue weighted by Crippen LogP contribution is -2.34. The van der Waals surface area contributed by atoms with Gasteiger partial charge in [0.05, 0.1) is 13.7 Å². The first-order chi connectivity index (χ1) is 15.1. The van der Waals surface area contributed by atoms with E-state index in [0.29, 0.717) is 36.6 Å². The Morgan fingerprint density at radius 1 is 1.00 bits per heavy atom. The van der Waals surface area contributed by atoms with Gasteiger partial charge in [-0.3, -0.25) is 9.48 Å². The normalized spacial score (nSPS) is 10.5. The van der Waals surface area contributed by atoms with Gasteiger partial charge in [0, 0.05) is 24.8 Å². The van der Waals surface area contributed by atoms with E-state index < -0.39 is 5.97 Å². The van der Waals surface area contributed by atoms with Crippen molar-refractivity contribution in [3.8, 4) is 17.0 Å². The minimum absolute atomic E-state index is 0.228. The van der Waals surface area contributed by atoms with Crippen molar-refractivity contribution in [2.45, 2.75) is 20.4 Å². The van der Waals surface area contributed by atoms with Gasteiger partial charge in [0.1, 0.15) is 17.0 Å². The van der Waals surface area contributed by atoms with Crippen LogP contribution in [0.25, 0.3) is 11.3 Å². The first-order valence-electron chi connectivity index (χ1n) is 10.3. The summed E-state index contributed by atoms with van der Waals surface area (Å²) in [6.45, 7) is 5.08. The van der Waals surface area contributed by atoms with Crippen molar-refractivity contribution in [1.29, 1.82) is 0 Å². The fourth-order valence-electron chi connectivity index (χ4n) is 3.33. The minimum Gasteiger partial charge on any atom is -0.496 e. The predicted octanol–water partition coefficient (Wildman–Crippen LogP) is 3.63. The van der Waals surface area contributed by atoms with E-state index in [1.165, 1.54) is 0 Å². The predicted molar refractivity (Wildman–Crippen MR) is 118 cm³/mol. The third-order valence-corrected chi connectivity index (χ3v) is 4.97. The lowest BCUT2D eigenvalue weighted by molar-refractivity contribution is -0.134. The molecule has 0 fully saturated rings. The third kappa shape index (κ3) is 5.31. The molecule has 0 aliphatic rings. The maximum Gasteiger partial charge on any atom is 0.342 e. The fraction of sp³-hybridized carbons (Fsp3) is 0.292. The first-order valence-corrected chi connectivity index (χ1v) is 10.3. The van der Waals surface area contributed by atoms with Crippen LogP contribution in [0.1, 0.15) is 29.8 Å². The van der Waals surface area contributed by atoms with Crippen molar-refractivity contribution in [2.24, 2.45) is 0 Å². The van der Waals surface area contributed by atoms with Gasteiger partial charge in [0.25, 0.3) is 5.91 Å². The molecule has 162 valence electrons. The van der Waals surface area contributed by atoms with Crippen LogP contribution in [0, 0.1) is 0 Å². The molecule has 0 aliphatic heterocycles. The third-order valence-electron chi connectivity index (χ3n) is 4.97. The minimum atomic E-state index is -0.597. The number of benzene rings is 2. The Kier molecular flexibility index (Phi) is 7.43. The van der Waals surface area contributed by atoms with Crippen molar-refractivity contribution in [1.82, 2.24) is 14.7 Å². The number of aromatic nitrogens is 2. The Morgan fingerprint density at radius 2 is 1.68 bits per heavy atom. The molecular weight excluding hydrogens is 394 g/mol. The molecule has 0 radical (unpaired) electrons. The summed E-state index contributed by atoms with van der Waals surface area (Å²) < 4.78 is 12.5. The van der Waals surface area contributed by atoms with Gasteiger partial charge in [-0.1, -0.05) is 42.5 Å². The summed E-state index contributed by atoms with van der Waals surface area (Å²) in [5.41, 5.74) is 2.47. The summed E-state index contributed by atoms with van der Waals surface area (Å²) in [6, 6.07) is 17.2. The number of methoxy groups -OCH3 is 1. The summed E-state index contributed by atoms with van der Waals surface area (Å²) in [5.74, 6) is -0.227. The number of carbonyl (C=O) groups excluding carboxylic acids is 2. The van der Waals surface area contributed by atoms with Gasteiger partial charge in [-0.25, -0.2) is 4.79 Å².